The van der Waals surface area contributed by atoms with E-state index in [9.17, 15) is 4.79 Å². The highest BCUT2D eigenvalue weighted by Crippen LogP contribution is 1.82. The van der Waals surface area contributed by atoms with Gasteiger partial charge < -0.3 is 15.4 Å². The minimum Gasteiger partial charge on any atom is -0.318 e. The summed E-state index contributed by atoms with van der Waals surface area (Å²) in [4.78, 5) is 9.98. The van der Waals surface area contributed by atoms with Crippen molar-refractivity contribution in [3.05, 3.63) is 0 Å². The van der Waals surface area contributed by atoms with Crippen LogP contribution in [0, 0.1) is 0 Å². The van der Waals surface area contributed by atoms with Gasteiger partial charge >= 0.3 is 0 Å². The van der Waals surface area contributed by atoms with E-state index in [1.165, 1.54) is 0 Å². The Labute approximate surface area is 55.8 Å². The highest BCUT2D eigenvalue weighted by Gasteiger charge is 2.00. The molecule has 0 amide bonds. The normalized spacial score (nSPS) is 13.1. The molecule has 3 heteroatoms. The van der Waals surface area contributed by atoms with Crippen molar-refractivity contribution in [3.63, 3.8) is 0 Å². The van der Waals surface area contributed by atoms with Gasteiger partial charge in [0.2, 0.25) is 0 Å². The Morgan fingerprint density at radius 2 is 2.22 bits per heavy atom. The molecule has 1 unspecified atom stereocenters. The molecule has 0 aromatic rings. The lowest BCUT2D eigenvalue weighted by molar-refractivity contribution is -0.108. The van der Waals surface area contributed by atoms with Crippen molar-refractivity contribution in [2.24, 2.45) is 0 Å². The number of likely N-dealkylation sites (N-methyl/N-ethyl adjacent to an activating group) is 2. The third-order valence-corrected chi connectivity index (χ3v) is 1.24. The monoisotopic (exact) mass is 130 g/mol. The Morgan fingerprint density at radius 1 is 1.56 bits per heavy atom. The van der Waals surface area contributed by atoms with E-state index >= 15 is 0 Å². The number of carbonyl (C=O) groups is 1. The van der Waals surface area contributed by atoms with Crippen LogP contribution in [0.3, 0.4) is 0 Å². The maximum absolute atomic E-state index is 9.98. The molecule has 1 atom stereocenters. The summed E-state index contributed by atoms with van der Waals surface area (Å²) in [7, 11) is 3.72. The molecule has 3 nitrogen and oxygen atoms in total. The number of aldehydes is 1. The van der Waals surface area contributed by atoms with E-state index in [2.05, 4.69) is 10.6 Å². The van der Waals surface area contributed by atoms with E-state index in [0.717, 1.165) is 12.8 Å². The van der Waals surface area contributed by atoms with Gasteiger partial charge in [-0.25, -0.2) is 0 Å². The van der Waals surface area contributed by atoms with Crippen LogP contribution in [0.25, 0.3) is 0 Å². The molecule has 0 heterocycles. The van der Waals surface area contributed by atoms with Crippen molar-refractivity contribution in [2.45, 2.75) is 12.5 Å². The van der Waals surface area contributed by atoms with Crippen LogP contribution in [-0.2, 0) is 4.79 Å². The minimum absolute atomic E-state index is 0.285. The van der Waals surface area contributed by atoms with Crippen LogP contribution in [0.1, 0.15) is 6.42 Å². The molecule has 0 saturated carbocycles. The van der Waals surface area contributed by atoms with Crippen LogP contribution < -0.4 is 10.6 Å². The number of carbonyl (C=O) groups excluding carboxylic acids is 1. The fourth-order valence-corrected chi connectivity index (χ4v) is 0.666. The smallest absolute Gasteiger partial charge is 0.121 e. The van der Waals surface area contributed by atoms with Gasteiger partial charge in [0.15, 0.2) is 0 Å². The number of nitrogens with one attached hydrogen (secondary N) is 2. The molecule has 0 aliphatic heterocycles. The van der Waals surface area contributed by atoms with Crippen LogP contribution >= 0.6 is 0 Å². The standard InChI is InChI=1S/C6H14N2O/c1-7-5-6(8-2)3-4-9/h4,6-8H,3,5H2,1-2H3. The van der Waals surface area contributed by atoms with E-state index < -0.39 is 0 Å². The second-order valence-corrected chi connectivity index (χ2v) is 1.95. The summed E-state index contributed by atoms with van der Waals surface area (Å²) >= 11 is 0. The maximum atomic E-state index is 9.98. The summed E-state index contributed by atoms with van der Waals surface area (Å²) in [5.74, 6) is 0. The summed E-state index contributed by atoms with van der Waals surface area (Å²) in [6, 6.07) is 0.285. The van der Waals surface area contributed by atoms with Gasteiger partial charge in [-0.05, 0) is 14.1 Å². The fraction of sp³-hybridized carbons (Fsp3) is 0.833. The lowest BCUT2D eigenvalue weighted by atomic mass is 10.2. The van der Waals surface area contributed by atoms with Crippen molar-refractivity contribution in [2.75, 3.05) is 20.6 Å². The molecule has 0 aromatic heterocycles. The topological polar surface area (TPSA) is 41.1 Å². The zero-order chi connectivity index (χ0) is 7.11. The summed E-state index contributed by atoms with van der Waals surface area (Å²) in [5.41, 5.74) is 0. The quantitative estimate of drug-likeness (QED) is 0.487. The average Bonchev–Trinajstić information content (AvgIpc) is 1.88. The van der Waals surface area contributed by atoms with Gasteiger partial charge in [-0.15, -0.1) is 0 Å². The number of rotatable bonds is 5. The van der Waals surface area contributed by atoms with Gasteiger partial charge in [-0.1, -0.05) is 0 Å². The molecular weight excluding hydrogens is 116 g/mol. The molecule has 54 valence electrons. The van der Waals surface area contributed by atoms with Gasteiger partial charge in [-0.2, -0.15) is 0 Å². The summed E-state index contributed by atoms with van der Waals surface area (Å²) in [6.07, 6.45) is 1.51. The van der Waals surface area contributed by atoms with Crippen molar-refractivity contribution in [1.29, 1.82) is 0 Å². The van der Waals surface area contributed by atoms with Crippen LogP contribution in [0.5, 0.6) is 0 Å². The van der Waals surface area contributed by atoms with Crippen LogP contribution in [0.4, 0.5) is 0 Å². The van der Waals surface area contributed by atoms with E-state index in [1.807, 2.05) is 14.1 Å². The summed E-state index contributed by atoms with van der Waals surface area (Å²) < 4.78 is 0. The Hall–Kier alpha value is -0.410. The Morgan fingerprint density at radius 3 is 2.56 bits per heavy atom. The van der Waals surface area contributed by atoms with Gasteiger partial charge in [0.1, 0.15) is 6.29 Å². The lowest BCUT2D eigenvalue weighted by Crippen LogP contribution is -2.35. The predicted octanol–water partition coefficient (Wildman–Crippen LogP) is -0.617. The zero-order valence-electron chi connectivity index (χ0n) is 5.98. The van der Waals surface area contributed by atoms with E-state index in [4.69, 9.17) is 0 Å². The van der Waals surface area contributed by atoms with Crippen molar-refractivity contribution in [3.8, 4) is 0 Å². The Bertz CT molecular complexity index is 75.5. The number of hydrogen-bond acceptors (Lipinski definition) is 3. The van der Waals surface area contributed by atoms with E-state index in [1.54, 1.807) is 0 Å². The van der Waals surface area contributed by atoms with Gasteiger partial charge in [0, 0.05) is 19.0 Å². The van der Waals surface area contributed by atoms with Crippen molar-refractivity contribution in [1.82, 2.24) is 10.6 Å². The zero-order valence-corrected chi connectivity index (χ0v) is 5.98. The second-order valence-electron chi connectivity index (χ2n) is 1.95. The average molecular weight is 130 g/mol. The SMILES string of the molecule is CNCC(CC=O)NC. The molecule has 9 heavy (non-hydrogen) atoms. The van der Waals surface area contributed by atoms with E-state index in [-0.39, 0.29) is 6.04 Å². The molecule has 0 bridgehead atoms. The van der Waals surface area contributed by atoms with Crippen LogP contribution in [-0.4, -0.2) is 33.0 Å². The maximum Gasteiger partial charge on any atom is 0.121 e. The molecule has 2 N–H and O–H groups in total. The molecule has 0 radical (unpaired) electrons. The lowest BCUT2D eigenvalue weighted by Gasteiger charge is -2.10. The molecule has 0 spiro atoms. The second kappa shape index (κ2) is 5.72. The van der Waals surface area contributed by atoms with Crippen molar-refractivity contribution >= 4 is 6.29 Å². The van der Waals surface area contributed by atoms with Crippen LogP contribution in [0.15, 0.2) is 0 Å². The highest BCUT2D eigenvalue weighted by molar-refractivity contribution is 5.50. The van der Waals surface area contributed by atoms with Crippen LogP contribution in [0.2, 0.25) is 0 Å². The predicted molar refractivity (Wildman–Crippen MR) is 37.5 cm³/mol. The third-order valence-electron chi connectivity index (χ3n) is 1.24. The van der Waals surface area contributed by atoms with E-state index in [0.29, 0.717) is 6.42 Å². The summed E-state index contributed by atoms with van der Waals surface area (Å²) in [5, 5.41) is 5.99. The molecule has 0 aliphatic rings. The summed E-state index contributed by atoms with van der Waals surface area (Å²) in [6.45, 7) is 0.842. The largest absolute Gasteiger partial charge is 0.318 e. The van der Waals surface area contributed by atoms with Crippen molar-refractivity contribution < 1.29 is 4.79 Å². The first-order valence-corrected chi connectivity index (χ1v) is 3.10. The molecule has 0 rings (SSSR count). The Kier molecular flexibility index (Phi) is 5.46. The molecule has 0 saturated heterocycles. The fourth-order valence-electron chi connectivity index (χ4n) is 0.666. The first-order chi connectivity index (χ1) is 4.35. The molecular formula is C6H14N2O. The minimum atomic E-state index is 0.285. The first kappa shape index (κ1) is 8.59. The van der Waals surface area contributed by atoms with Gasteiger partial charge in [0.25, 0.3) is 0 Å². The molecule has 0 fully saturated rings. The first-order valence-electron chi connectivity index (χ1n) is 3.10. The Balaban J connectivity index is 3.28. The molecule has 0 aromatic carbocycles. The van der Waals surface area contributed by atoms with Gasteiger partial charge in [0.05, 0.1) is 0 Å². The van der Waals surface area contributed by atoms with Gasteiger partial charge in [-0.3, -0.25) is 0 Å². The molecule has 0 aliphatic carbocycles. The number of hydrogen-bond donors (Lipinski definition) is 2. The highest BCUT2D eigenvalue weighted by atomic mass is 16.1. The third kappa shape index (κ3) is 4.12.